The minimum absolute atomic E-state index is 0.00456. The van der Waals surface area contributed by atoms with Crippen molar-refractivity contribution in [1.29, 1.82) is 0 Å². The van der Waals surface area contributed by atoms with Crippen LogP contribution in [0, 0.1) is 16.2 Å². The van der Waals surface area contributed by atoms with Crippen LogP contribution in [0.4, 0.5) is 0 Å². The van der Waals surface area contributed by atoms with Gasteiger partial charge >= 0.3 is 0 Å². The molecule has 0 saturated heterocycles. The summed E-state index contributed by atoms with van der Waals surface area (Å²) in [5.41, 5.74) is -0.0614. The van der Waals surface area contributed by atoms with E-state index in [2.05, 4.69) is 39.9 Å². The van der Waals surface area contributed by atoms with Gasteiger partial charge in [-0.3, -0.25) is 4.79 Å². The van der Waals surface area contributed by atoms with Gasteiger partial charge < -0.3 is 10.4 Å². The van der Waals surface area contributed by atoms with Gasteiger partial charge in [-0.15, -0.1) is 0 Å². The lowest BCUT2D eigenvalue weighted by atomic mass is 9.78. The molecule has 3 nitrogen and oxygen atoms in total. The number of carbonyl (C=O) groups excluding carboxylic acids is 1. The Bertz CT molecular complexity index is 265. The van der Waals surface area contributed by atoms with Crippen LogP contribution in [0.5, 0.6) is 0 Å². The summed E-state index contributed by atoms with van der Waals surface area (Å²) in [6.45, 7) is 10.4. The third-order valence-corrected chi connectivity index (χ3v) is 3.42. The SMILES string of the molecule is CC(C)(C)CC1(C(=O)NCO)CC1(C)C. The molecule has 1 amide bonds. The number of aliphatic hydroxyl groups is 1. The van der Waals surface area contributed by atoms with Crippen LogP contribution in [0.3, 0.4) is 0 Å². The molecule has 3 heteroatoms. The smallest absolute Gasteiger partial charge is 0.228 e. The van der Waals surface area contributed by atoms with Crippen molar-refractivity contribution in [2.24, 2.45) is 16.2 Å². The number of rotatable bonds is 3. The van der Waals surface area contributed by atoms with E-state index in [9.17, 15) is 4.79 Å². The lowest BCUT2D eigenvalue weighted by Gasteiger charge is -2.27. The van der Waals surface area contributed by atoms with Gasteiger partial charge in [0.1, 0.15) is 6.73 Å². The Balaban J connectivity index is 2.80. The highest BCUT2D eigenvalue weighted by Crippen LogP contribution is 2.67. The minimum Gasteiger partial charge on any atom is -0.377 e. The summed E-state index contributed by atoms with van der Waals surface area (Å²) in [7, 11) is 0. The quantitative estimate of drug-likeness (QED) is 0.703. The van der Waals surface area contributed by atoms with E-state index in [0.717, 1.165) is 12.8 Å². The van der Waals surface area contributed by atoms with Gasteiger partial charge in [-0.05, 0) is 23.7 Å². The van der Waals surface area contributed by atoms with E-state index >= 15 is 0 Å². The van der Waals surface area contributed by atoms with Gasteiger partial charge in [-0.2, -0.15) is 0 Å². The van der Waals surface area contributed by atoms with Gasteiger partial charge in [-0.1, -0.05) is 34.6 Å². The van der Waals surface area contributed by atoms with E-state index in [0.29, 0.717) is 0 Å². The lowest BCUT2D eigenvalue weighted by molar-refractivity contribution is -0.130. The topological polar surface area (TPSA) is 49.3 Å². The second kappa shape index (κ2) is 3.48. The molecule has 0 aromatic rings. The monoisotopic (exact) mass is 213 g/mol. The van der Waals surface area contributed by atoms with Crippen molar-refractivity contribution >= 4 is 5.91 Å². The van der Waals surface area contributed by atoms with Crippen molar-refractivity contribution < 1.29 is 9.90 Å². The van der Waals surface area contributed by atoms with Crippen molar-refractivity contribution in [3.63, 3.8) is 0 Å². The normalized spacial score (nSPS) is 28.7. The van der Waals surface area contributed by atoms with Gasteiger partial charge in [-0.25, -0.2) is 0 Å². The second-order valence-electron chi connectivity index (χ2n) is 6.54. The third kappa shape index (κ3) is 2.33. The maximum absolute atomic E-state index is 11.9. The molecule has 1 unspecified atom stereocenters. The highest BCUT2D eigenvalue weighted by Gasteiger charge is 2.66. The molecule has 1 saturated carbocycles. The van der Waals surface area contributed by atoms with E-state index in [1.807, 2.05) is 0 Å². The van der Waals surface area contributed by atoms with Crippen LogP contribution in [0.2, 0.25) is 0 Å². The molecule has 2 N–H and O–H groups in total. The fourth-order valence-corrected chi connectivity index (χ4v) is 2.63. The van der Waals surface area contributed by atoms with Gasteiger partial charge in [0.2, 0.25) is 5.91 Å². The summed E-state index contributed by atoms with van der Waals surface area (Å²) in [4.78, 5) is 11.9. The molecule has 1 fully saturated rings. The fourth-order valence-electron chi connectivity index (χ4n) is 2.63. The molecule has 0 bridgehead atoms. The van der Waals surface area contributed by atoms with Crippen LogP contribution < -0.4 is 5.32 Å². The minimum atomic E-state index is -0.270. The summed E-state index contributed by atoms with van der Waals surface area (Å²) in [5.74, 6) is 0.00456. The molecular weight excluding hydrogens is 190 g/mol. The first kappa shape index (κ1) is 12.5. The van der Waals surface area contributed by atoms with Gasteiger partial charge in [0.05, 0.1) is 5.41 Å². The zero-order valence-corrected chi connectivity index (χ0v) is 10.5. The zero-order chi connectivity index (χ0) is 11.9. The Hall–Kier alpha value is -0.570. The van der Waals surface area contributed by atoms with Crippen molar-refractivity contribution in [2.45, 2.75) is 47.5 Å². The number of hydrogen-bond acceptors (Lipinski definition) is 2. The molecule has 0 aliphatic heterocycles. The number of nitrogens with one attached hydrogen (secondary N) is 1. The molecule has 0 heterocycles. The molecule has 0 aromatic carbocycles. The molecule has 1 rings (SSSR count). The van der Waals surface area contributed by atoms with E-state index in [-0.39, 0.29) is 28.9 Å². The van der Waals surface area contributed by atoms with Crippen LogP contribution in [-0.4, -0.2) is 17.7 Å². The first-order chi connectivity index (χ1) is 6.65. The van der Waals surface area contributed by atoms with E-state index in [1.165, 1.54) is 0 Å². The summed E-state index contributed by atoms with van der Waals surface area (Å²) in [5, 5.41) is 11.3. The average Bonchev–Trinajstić information content (AvgIpc) is 2.51. The van der Waals surface area contributed by atoms with Crippen molar-refractivity contribution in [1.82, 2.24) is 5.32 Å². The Morgan fingerprint density at radius 3 is 2.13 bits per heavy atom. The number of carbonyl (C=O) groups is 1. The summed E-state index contributed by atoms with van der Waals surface area (Å²) in [6, 6.07) is 0. The lowest BCUT2D eigenvalue weighted by Crippen LogP contribution is -2.37. The molecule has 1 atom stereocenters. The van der Waals surface area contributed by atoms with E-state index in [1.54, 1.807) is 0 Å². The van der Waals surface area contributed by atoms with Crippen molar-refractivity contribution in [3.05, 3.63) is 0 Å². The Kier molecular flexibility index (Phi) is 2.90. The molecule has 88 valence electrons. The third-order valence-electron chi connectivity index (χ3n) is 3.42. The van der Waals surface area contributed by atoms with Crippen molar-refractivity contribution in [2.75, 3.05) is 6.73 Å². The fraction of sp³-hybridized carbons (Fsp3) is 0.917. The summed E-state index contributed by atoms with van der Waals surface area (Å²) >= 11 is 0. The second-order valence-corrected chi connectivity index (χ2v) is 6.54. The molecule has 0 aromatic heterocycles. The number of aliphatic hydroxyl groups excluding tert-OH is 1. The first-order valence-electron chi connectivity index (χ1n) is 5.54. The predicted molar refractivity (Wildman–Crippen MR) is 60.1 cm³/mol. The van der Waals surface area contributed by atoms with Crippen LogP contribution in [0.15, 0.2) is 0 Å². The molecular formula is C12H23NO2. The summed E-state index contributed by atoms with van der Waals surface area (Å²) < 4.78 is 0. The van der Waals surface area contributed by atoms with Gasteiger partial charge in [0.25, 0.3) is 0 Å². The maximum atomic E-state index is 11.9. The maximum Gasteiger partial charge on any atom is 0.228 e. The van der Waals surface area contributed by atoms with Crippen LogP contribution in [0.25, 0.3) is 0 Å². The predicted octanol–water partition coefficient (Wildman–Crippen LogP) is 1.90. The molecule has 15 heavy (non-hydrogen) atoms. The largest absolute Gasteiger partial charge is 0.377 e. The van der Waals surface area contributed by atoms with E-state index < -0.39 is 0 Å². The van der Waals surface area contributed by atoms with Crippen LogP contribution >= 0.6 is 0 Å². The highest BCUT2D eigenvalue weighted by molar-refractivity contribution is 5.86. The van der Waals surface area contributed by atoms with Crippen molar-refractivity contribution in [3.8, 4) is 0 Å². The number of amides is 1. The van der Waals surface area contributed by atoms with Crippen LogP contribution in [0.1, 0.15) is 47.5 Å². The first-order valence-corrected chi connectivity index (χ1v) is 5.54. The zero-order valence-electron chi connectivity index (χ0n) is 10.5. The average molecular weight is 213 g/mol. The Labute approximate surface area is 92.3 Å². The van der Waals surface area contributed by atoms with Gasteiger partial charge in [0, 0.05) is 0 Å². The molecule has 1 aliphatic rings. The number of hydrogen-bond donors (Lipinski definition) is 2. The highest BCUT2D eigenvalue weighted by atomic mass is 16.3. The molecule has 0 spiro atoms. The van der Waals surface area contributed by atoms with Gasteiger partial charge in [0.15, 0.2) is 0 Å². The van der Waals surface area contributed by atoms with Crippen LogP contribution in [-0.2, 0) is 4.79 Å². The molecule has 0 radical (unpaired) electrons. The summed E-state index contributed by atoms with van der Waals surface area (Å²) in [6.07, 6.45) is 1.79. The molecule has 1 aliphatic carbocycles. The Morgan fingerprint density at radius 1 is 1.40 bits per heavy atom. The Morgan fingerprint density at radius 2 is 1.87 bits per heavy atom. The standard InChI is InChI=1S/C12H23NO2/c1-10(2,3)6-12(7-11(12,4)5)9(15)13-8-14/h14H,6-8H2,1-5H3,(H,13,15). The van der Waals surface area contributed by atoms with E-state index in [4.69, 9.17) is 5.11 Å².